The van der Waals surface area contributed by atoms with Crippen molar-refractivity contribution in [2.45, 2.75) is 6.42 Å². The number of benzene rings is 1. The van der Waals surface area contributed by atoms with E-state index < -0.39 is 0 Å². The van der Waals surface area contributed by atoms with Gasteiger partial charge in [-0.1, -0.05) is 0 Å². The second kappa shape index (κ2) is 2.96. The van der Waals surface area contributed by atoms with E-state index >= 15 is 0 Å². The molecule has 0 saturated carbocycles. The zero-order valence-electron chi connectivity index (χ0n) is 7.45. The van der Waals surface area contributed by atoms with Gasteiger partial charge in [0, 0.05) is 17.7 Å². The fraction of sp³-hybridized carbons (Fsp3) is 0.100. The van der Waals surface area contributed by atoms with Gasteiger partial charge < -0.3 is 16.2 Å². The van der Waals surface area contributed by atoms with Crippen LogP contribution >= 0.6 is 0 Å². The molecule has 1 aliphatic rings. The van der Waals surface area contributed by atoms with Crippen LogP contribution in [0.3, 0.4) is 0 Å². The topological polar surface area (TPSA) is 85.1 Å². The number of hydrogen-bond donors (Lipinski definition) is 2. The molecule has 1 aliphatic heterocycles. The van der Waals surface area contributed by atoms with E-state index in [1.165, 1.54) is 0 Å². The molecule has 0 aromatic heterocycles. The highest BCUT2D eigenvalue weighted by Gasteiger charge is 2.17. The SMILES string of the molecule is N#CC1=C(N)Oc2ccc(N)cc2C1. The van der Waals surface area contributed by atoms with Crippen molar-refractivity contribution in [1.29, 1.82) is 5.26 Å². The lowest BCUT2D eigenvalue weighted by Gasteiger charge is -2.17. The van der Waals surface area contributed by atoms with Gasteiger partial charge in [0.1, 0.15) is 11.8 Å². The van der Waals surface area contributed by atoms with Crippen LogP contribution in [0.1, 0.15) is 5.56 Å². The van der Waals surface area contributed by atoms with E-state index in [-0.39, 0.29) is 5.88 Å². The van der Waals surface area contributed by atoms with Gasteiger partial charge in [-0.05, 0) is 18.2 Å². The Bertz CT molecular complexity index is 457. The molecule has 1 aromatic rings. The summed E-state index contributed by atoms with van der Waals surface area (Å²) in [6, 6.07) is 7.29. The van der Waals surface area contributed by atoms with Crippen LogP contribution in [0.5, 0.6) is 5.75 Å². The highest BCUT2D eigenvalue weighted by molar-refractivity contribution is 5.52. The summed E-state index contributed by atoms with van der Waals surface area (Å²) >= 11 is 0. The Morgan fingerprint density at radius 1 is 1.36 bits per heavy atom. The zero-order valence-corrected chi connectivity index (χ0v) is 7.45. The van der Waals surface area contributed by atoms with Crippen LogP contribution in [0.4, 0.5) is 5.69 Å². The highest BCUT2D eigenvalue weighted by Crippen LogP contribution is 2.29. The van der Waals surface area contributed by atoms with Crippen molar-refractivity contribution in [2.24, 2.45) is 5.73 Å². The Kier molecular flexibility index (Phi) is 1.79. The maximum absolute atomic E-state index is 8.76. The van der Waals surface area contributed by atoms with Gasteiger partial charge >= 0.3 is 0 Å². The summed E-state index contributed by atoms with van der Waals surface area (Å²) in [6.07, 6.45) is 0.489. The van der Waals surface area contributed by atoms with Gasteiger partial charge in [-0.25, -0.2) is 0 Å². The minimum atomic E-state index is 0.185. The van der Waals surface area contributed by atoms with Crippen LogP contribution < -0.4 is 16.2 Å². The summed E-state index contributed by atoms with van der Waals surface area (Å²) in [7, 11) is 0. The molecule has 70 valence electrons. The molecular formula is C10H9N3O. The first kappa shape index (κ1) is 8.45. The Labute approximate surface area is 81.4 Å². The lowest BCUT2D eigenvalue weighted by Crippen LogP contribution is -2.16. The number of allylic oxidation sites excluding steroid dienone is 1. The van der Waals surface area contributed by atoms with E-state index in [1.807, 2.05) is 6.07 Å². The fourth-order valence-electron chi connectivity index (χ4n) is 1.39. The molecule has 0 spiro atoms. The lowest BCUT2D eigenvalue weighted by molar-refractivity contribution is 0.399. The van der Waals surface area contributed by atoms with E-state index in [0.29, 0.717) is 23.4 Å². The molecule has 0 saturated heterocycles. The third kappa shape index (κ3) is 1.25. The summed E-state index contributed by atoms with van der Waals surface area (Å²) in [5.41, 5.74) is 13.2. The van der Waals surface area contributed by atoms with Gasteiger partial charge in [-0.15, -0.1) is 0 Å². The predicted molar refractivity (Wildman–Crippen MR) is 52.0 cm³/mol. The molecule has 0 fully saturated rings. The second-order valence-corrected chi connectivity index (χ2v) is 3.10. The summed E-state index contributed by atoms with van der Waals surface area (Å²) in [6.45, 7) is 0. The molecule has 0 radical (unpaired) electrons. The minimum Gasteiger partial charge on any atom is -0.440 e. The molecular weight excluding hydrogens is 178 g/mol. The fourth-order valence-corrected chi connectivity index (χ4v) is 1.39. The number of nitrogens with zero attached hydrogens (tertiary/aromatic N) is 1. The summed E-state index contributed by atoms with van der Waals surface area (Å²) in [4.78, 5) is 0. The average molecular weight is 187 g/mol. The smallest absolute Gasteiger partial charge is 0.205 e. The minimum absolute atomic E-state index is 0.185. The van der Waals surface area contributed by atoms with E-state index in [9.17, 15) is 0 Å². The average Bonchev–Trinajstić information content (AvgIpc) is 2.17. The van der Waals surface area contributed by atoms with Crippen LogP contribution in [-0.4, -0.2) is 0 Å². The monoisotopic (exact) mass is 187 g/mol. The Balaban J connectivity index is 2.45. The van der Waals surface area contributed by atoms with Crippen molar-refractivity contribution < 1.29 is 4.74 Å². The van der Waals surface area contributed by atoms with Crippen LogP contribution in [0.15, 0.2) is 29.7 Å². The first-order valence-electron chi connectivity index (χ1n) is 4.15. The predicted octanol–water partition coefficient (Wildman–Crippen LogP) is 0.898. The Hall–Kier alpha value is -2.15. The molecule has 0 aliphatic carbocycles. The molecule has 4 heteroatoms. The number of hydrogen-bond acceptors (Lipinski definition) is 4. The lowest BCUT2D eigenvalue weighted by atomic mass is 10.0. The number of nitrogens with two attached hydrogens (primary N) is 2. The van der Waals surface area contributed by atoms with Crippen molar-refractivity contribution in [2.75, 3.05) is 5.73 Å². The molecule has 14 heavy (non-hydrogen) atoms. The number of ether oxygens (including phenoxy) is 1. The van der Waals surface area contributed by atoms with Crippen LogP contribution in [0, 0.1) is 11.3 Å². The number of rotatable bonds is 0. The largest absolute Gasteiger partial charge is 0.440 e. The van der Waals surface area contributed by atoms with Crippen LogP contribution in [-0.2, 0) is 6.42 Å². The third-order valence-corrected chi connectivity index (χ3v) is 2.10. The summed E-state index contributed by atoms with van der Waals surface area (Å²) in [5, 5.41) is 8.76. The molecule has 4 N–H and O–H groups in total. The highest BCUT2D eigenvalue weighted by atomic mass is 16.5. The van der Waals surface area contributed by atoms with Crippen molar-refractivity contribution in [3.8, 4) is 11.8 Å². The first-order valence-corrected chi connectivity index (χ1v) is 4.15. The standard InChI is InChI=1S/C10H9N3O/c11-5-7-3-6-4-8(12)1-2-9(6)14-10(7)13/h1-2,4H,3,12-13H2. The van der Waals surface area contributed by atoms with Gasteiger partial charge in [-0.3, -0.25) is 0 Å². The van der Waals surface area contributed by atoms with Crippen molar-refractivity contribution in [3.05, 3.63) is 35.2 Å². The maximum Gasteiger partial charge on any atom is 0.205 e. The number of anilines is 1. The van der Waals surface area contributed by atoms with Gasteiger partial charge in [0.2, 0.25) is 5.88 Å². The van der Waals surface area contributed by atoms with Crippen molar-refractivity contribution in [1.82, 2.24) is 0 Å². The van der Waals surface area contributed by atoms with E-state index in [1.54, 1.807) is 18.2 Å². The Morgan fingerprint density at radius 3 is 2.86 bits per heavy atom. The normalized spacial score (nSPS) is 14.2. The van der Waals surface area contributed by atoms with Gasteiger partial charge in [-0.2, -0.15) is 5.26 Å². The molecule has 1 aromatic carbocycles. The first-order chi connectivity index (χ1) is 6.70. The van der Waals surface area contributed by atoms with E-state index in [2.05, 4.69) is 0 Å². The van der Waals surface area contributed by atoms with E-state index in [4.69, 9.17) is 21.5 Å². The quantitative estimate of drug-likeness (QED) is 0.591. The van der Waals surface area contributed by atoms with Crippen LogP contribution in [0.25, 0.3) is 0 Å². The van der Waals surface area contributed by atoms with Crippen molar-refractivity contribution in [3.63, 3.8) is 0 Å². The molecule has 0 unspecified atom stereocenters. The van der Waals surface area contributed by atoms with Gasteiger partial charge in [0.15, 0.2) is 0 Å². The molecule has 0 amide bonds. The molecule has 4 nitrogen and oxygen atoms in total. The van der Waals surface area contributed by atoms with Crippen LogP contribution in [0.2, 0.25) is 0 Å². The summed E-state index contributed by atoms with van der Waals surface area (Å²) < 4.78 is 5.27. The molecule has 1 heterocycles. The van der Waals surface area contributed by atoms with Crippen molar-refractivity contribution >= 4 is 5.69 Å². The maximum atomic E-state index is 8.76. The zero-order chi connectivity index (χ0) is 10.1. The third-order valence-electron chi connectivity index (χ3n) is 2.10. The number of nitriles is 1. The van der Waals surface area contributed by atoms with Gasteiger partial charge in [0.05, 0.1) is 5.57 Å². The molecule has 2 rings (SSSR count). The number of fused-ring (bicyclic) bond motifs is 1. The van der Waals surface area contributed by atoms with Gasteiger partial charge in [0.25, 0.3) is 0 Å². The Morgan fingerprint density at radius 2 is 2.14 bits per heavy atom. The molecule has 0 atom stereocenters. The second-order valence-electron chi connectivity index (χ2n) is 3.10. The molecule has 0 bridgehead atoms. The number of nitrogen functional groups attached to an aromatic ring is 1. The summed E-state index contributed by atoms with van der Waals surface area (Å²) in [5.74, 6) is 0.862. The van der Waals surface area contributed by atoms with E-state index in [0.717, 1.165) is 5.56 Å².